The van der Waals surface area contributed by atoms with E-state index >= 15 is 0 Å². The van der Waals surface area contributed by atoms with E-state index in [1.807, 2.05) is 6.08 Å². The van der Waals surface area contributed by atoms with Crippen LogP contribution in [-0.4, -0.2) is 0 Å². The van der Waals surface area contributed by atoms with Gasteiger partial charge in [-0.1, -0.05) is 0 Å². The minimum atomic E-state index is 1.01. The van der Waals surface area contributed by atoms with Crippen molar-refractivity contribution in [2.75, 3.05) is 0 Å². The maximum absolute atomic E-state index is 3.46. The average molecular weight is 142 g/mol. The van der Waals surface area contributed by atoms with E-state index in [-0.39, 0.29) is 0 Å². The summed E-state index contributed by atoms with van der Waals surface area (Å²) >= 11 is 2.46. The second-order valence-electron chi connectivity index (χ2n) is 0.433. The van der Waals surface area contributed by atoms with E-state index in [0.29, 0.717) is 0 Å². The zero-order valence-electron chi connectivity index (χ0n) is 2.35. The predicted molar refractivity (Wildman–Crippen MR) is 15.0 cm³/mol. The molecule has 0 aliphatic heterocycles. The van der Waals surface area contributed by atoms with Crippen molar-refractivity contribution in [3.8, 4) is 0 Å². The van der Waals surface area contributed by atoms with Gasteiger partial charge in [-0.3, -0.25) is 0 Å². The molecule has 0 unspecified atom stereocenters. The van der Waals surface area contributed by atoms with Crippen LogP contribution in [0.2, 0.25) is 5.02 Å². The van der Waals surface area contributed by atoms with Crippen LogP contribution in [-0.2, 0) is 18.3 Å². The van der Waals surface area contributed by atoms with Crippen molar-refractivity contribution in [3.05, 3.63) is 12.7 Å². The fourth-order valence-corrected chi connectivity index (χ4v) is 0. The molecule has 0 radical (unpaired) electrons. The Morgan fingerprint density at radius 3 is 2.25 bits per heavy atom. The molecule has 0 aromatic heterocycles. The zero-order valence-corrected chi connectivity index (χ0v) is 4.08. The quantitative estimate of drug-likeness (QED) is 0.380. The summed E-state index contributed by atoms with van der Waals surface area (Å²) in [6.07, 6.45) is 1.84. The van der Waals surface area contributed by atoms with Gasteiger partial charge in [0.05, 0.1) is 0 Å². The van der Waals surface area contributed by atoms with Gasteiger partial charge in [0.1, 0.15) is 0 Å². The summed E-state index contributed by atoms with van der Waals surface area (Å²) in [5.74, 6) is 0. The van der Waals surface area contributed by atoms with Crippen molar-refractivity contribution in [1.82, 2.24) is 0 Å². The number of allylic oxidation sites excluding steroid dienone is 1. The van der Waals surface area contributed by atoms with Gasteiger partial charge in [-0.25, -0.2) is 0 Å². The van der Waals surface area contributed by atoms with Crippen LogP contribution in [0, 0.1) is 0 Å². The molecule has 0 aromatic carbocycles. The molecule has 0 aliphatic rings. The first-order valence-corrected chi connectivity index (χ1v) is 2.30. The van der Waals surface area contributed by atoms with Crippen LogP contribution in [0.3, 0.4) is 0 Å². The molecular formula is C3H5Ru+3. The summed E-state index contributed by atoms with van der Waals surface area (Å²) in [4.78, 5) is 0. The Kier molecular flexibility index (Phi) is 3.67. The summed E-state index contributed by atoms with van der Waals surface area (Å²) in [6.45, 7) is 3.46. The Hall–Kier alpha value is 0.363. The van der Waals surface area contributed by atoms with Crippen molar-refractivity contribution in [1.29, 1.82) is 0 Å². The first kappa shape index (κ1) is 4.36. The summed E-state index contributed by atoms with van der Waals surface area (Å²) in [6, 6.07) is 0. The molecule has 0 atom stereocenters. The molecule has 0 nitrogen and oxygen atoms in total. The molecule has 0 aliphatic carbocycles. The summed E-state index contributed by atoms with van der Waals surface area (Å²) in [7, 11) is 0. The molecule has 0 spiro atoms. The van der Waals surface area contributed by atoms with Crippen molar-refractivity contribution in [2.45, 2.75) is 5.02 Å². The van der Waals surface area contributed by atoms with Crippen LogP contribution in [0.5, 0.6) is 0 Å². The molecule has 0 saturated carbocycles. The molecular weight excluding hydrogens is 137 g/mol. The topological polar surface area (TPSA) is 0 Å². The summed E-state index contributed by atoms with van der Waals surface area (Å²) in [5, 5.41) is 1.01. The molecule has 0 bridgehead atoms. The molecule has 0 aromatic rings. The Bertz CT molecular complexity index is 17.2. The van der Waals surface area contributed by atoms with Gasteiger partial charge in [-0.2, -0.15) is 0 Å². The predicted octanol–water partition coefficient (Wildman–Crippen LogP) is 1.14. The molecule has 0 heterocycles. The van der Waals surface area contributed by atoms with E-state index in [1.54, 1.807) is 0 Å². The first-order valence-electron chi connectivity index (χ1n) is 1.07. The van der Waals surface area contributed by atoms with Gasteiger partial charge < -0.3 is 0 Å². The van der Waals surface area contributed by atoms with E-state index in [0.717, 1.165) is 5.02 Å². The third-order valence-electron chi connectivity index (χ3n) is 0.102. The monoisotopic (exact) mass is 143 g/mol. The first-order chi connectivity index (χ1) is 1.91. The van der Waals surface area contributed by atoms with E-state index in [9.17, 15) is 0 Å². The third-order valence-corrected chi connectivity index (χ3v) is 0.604. The fourth-order valence-electron chi connectivity index (χ4n) is 0. The number of hydrogen-bond donors (Lipinski definition) is 0. The van der Waals surface area contributed by atoms with Gasteiger partial charge in [0.15, 0.2) is 0 Å². The van der Waals surface area contributed by atoms with E-state index < -0.39 is 0 Å². The maximum atomic E-state index is 3.46. The van der Waals surface area contributed by atoms with Gasteiger partial charge in [0, 0.05) is 0 Å². The van der Waals surface area contributed by atoms with Crippen molar-refractivity contribution in [2.24, 2.45) is 0 Å². The van der Waals surface area contributed by atoms with E-state index in [2.05, 4.69) is 24.9 Å². The SMILES string of the molecule is C=C[CH2][Ru+3]. The van der Waals surface area contributed by atoms with Gasteiger partial charge >= 0.3 is 36.0 Å². The molecule has 1 heteroatoms. The van der Waals surface area contributed by atoms with Crippen molar-refractivity contribution in [3.63, 3.8) is 0 Å². The van der Waals surface area contributed by atoms with Gasteiger partial charge in [-0.15, -0.1) is 0 Å². The van der Waals surface area contributed by atoms with Gasteiger partial charge in [0.2, 0.25) is 0 Å². The molecule has 0 N–H and O–H groups in total. The Labute approximate surface area is 36.6 Å². The molecule has 0 fully saturated rings. The van der Waals surface area contributed by atoms with Crippen LogP contribution in [0.25, 0.3) is 0 Å². The van der Waals surface area contributed by atoms with Crippen LogP contribution in [0.4, 0.5) is 0 Å². The fraction of sp³-hybridized carbons (Fsp3) is 0.333. The van der Waals surface area contributed by atoms with Crippen LogP contribution >= 0.6 is 0 Å². The van der Waals surface area contributed by atoms with Crippen LogP contribution < -0.4 is 0 Å². The number of rotatable bonds is 1. The Morgan fingerprint density at radius 1 is 2.00 bits per heavy atom. The van der Waals surface area contributed by atoms with Crippen LogP contribution in [0.15, 0.2) is 12.7 Å². The van der Waals surface area contributed by atoms with Crippen molar-refractivity contribution < 1.29 is 18.3 Å². The van der Waals surface area contributed by atoms with Gasteiger partial charge in [-0.05, 0) is 0 Å². The molecule has 0 rings (SSSR count). The third kappa shape index (κ3) is 2.36. The Balaban J connectivity index is 2.30. The minimum absolute atomic E-state index is 1.01. The normalized spacial score (nSPS) is 6.00. The van der Waals surface area contributed by atoms with Gasteiger partial charge in [0.25, 0.3) is 0 Å². The Morgan fingerprint density at radius 2 is 2.25 bits per heavy atom. The molecule has 4 heavy (non-hydrogen) atoms. The summed E-state index contributed by atoms with van der Waals surface area (Å²) < 4.78 is 0. The number of hydrogen-bond acceptors (Lipinski definition) is 0. The van der Waals surface area contributed by atoms with Crippen LogP contribution in [0.1, 0.15) is 0 Å². The molecule has 22 valence electrons. The standard InChI is InChI=1S/C3H5.Ru/c1-3-2;/h3H,1-2H2;/q;+3. The average Bonchev–Trinajstić information content (AvgIpc) is 1.37. The second kappa shape index (κ2) is 3.36. The van der Waals surface area contributed by atoms with E-state index in [4.69, 9.17) is 0 Å². The molecule has 0 saturated heterocycles. The zero-order chi connectivity index (χ0) is 3.41. The second-order valence-corrected chi connectivity index (χ2v) is 1.14. The van der Waals surface area contributed by atoms with E-state index in [1.165, 1.54) is 0 Å². The summed E-state index contributed by atoms with van der Waals surface area (Å²) in [5.41, 5.74) is 0. The van der Waals surface area contributed by atoms with Crippen molar-refractivity contribution >= 4 is 0 Å². The molecule has 0 amide bonds.